The summed E-state index contributed by atoms with van der Waals surface area (Å²) in [6, 6.07) is 4.00. The van der Waals surface area contributed by atoms with Gasteiger partial charge in [0, 0.05) is 13.1 Å². The van der Waals surface area contributed by atoms with Crippen molar-refractivity contribution in [3.8, 4) is 5.75 Å². The molecule has 2 rings (SSSR count). The van der Waals surface area contributed by atoms with Crippen molar-refractivity contribution in [3.05, 3.63) is 29.8 Å². The van der Waals surface area contributed by atoms with E-state index in [1.54, 1.807) is 0 Å². The van der Waals surface area contributed by atoms with Gasteiger partial charge in [0.25, 0.3) is 0 Å². The van der Waals surface area contributed by atoms with Crippen molar-refractivity contribution in [1.82, 2.24) is 4.90 Å². The van der Waals surface area contributed by atoms with Crippen LogP contribution < -0.4 is 4.74 Å². The maximum Gasteiger partial charge on any atom is 0.200 e. The van der Waals surface area contributed by atoms with Gasteiger partial charge in [0.05, 0.1) is 0 Å². The topological polar surface area (TPSA) is 12.5 Å². The second-order valence-electron chi connectivity index (χ2n) is 4.41. The molecule has 0 aliphatic carbocycles. The van der Waals surface area contributed by atoms with E-state index in [2.05, 4.69) is 11.8 Å². The Labute approximate surface area is 93.8 Å². The van der Waals surface area contributed by atoms with E-state index in [9.17, 15) is 8.78 Å². The van der Waals surface area contributed by atoms with E-state index < -0.39 is 17.2 Å². The van der Waals surface area contributed by atoms with E-state index in [-0.39, 0.29) is 5.75 Å². The highest BCUT2D eigenvalue weighted by atomic mass is 19.2. The third-order valence-corrected chi connectivity index (χ3v) is 2.84. The number of likely N-dealkylation sites (N-methyl/N-ethyl adjacent to an activating group) is 1. The summed E-state index contributed by atoms with van der Waals surface area (Å²) >= 11 is 0. The normalized spacial score (nSPS) is 19.2. The maximum absolute atomic E-state index is 13.4. The van der Waals surface area contributed by atoms with Crippen LogP contribution in [0.1, 0.15) is 13.8 Å². The molecular formula is C12H15F2NO. The number of hydrogen-bond donors (Lipinski definition) is 0. The lowest BCUT2D eigenvalue weighted by Gasteiger charge is -2.47. The molecule has 2 nitrogen and oxygen atoms in total. The van der Waals surface area contributed by atoms with Crippen LogP contribution in [-0.4, -0.2) is 30.1 Å². The summed E-state index contributed by atoms with van der Waals surface area (Å²) in [5.41, 5.74) is -0.398. The molecule has 16 heavy (non-hydrogen) atoms. The minimum atomic E-state index is -0.904. The van der Waals surface area contributed by atoms with Gasteiger partial charge in [0.1, 0.15) is 5.60 Å². The third kappa shape index (κ3) is 2.02. The van der Waals surface area contributed by atoms with Crippen LogP contribution in [0.15, 0.2) is 18.2 Å². The van der Waals surface area contributed by atoms with Gasteiger partial charge in [-0.25, -0.2) is 4.39 Å². The molecule has 1 aromatic rings. The van der Waals surface area contributed by atoms with Crippen LogP contribution in [0.25, 0.3) is 0 Å². The molecule has 0 atom stereocenters. The Morgan fingerprint density at radius 2 is 2.06 bits per heavy atom. The van der Waals surface area contributed by atoms with E-state index in [0.29, 0.717) is 0 Å². The van der Waals surface area contributed by atoms with Crippen LogP contribution in [0.5, 0.6) is 5.75 Å². The Bertz CT molecular complexity index is 389. The van der Waals surface area contributed by atoms with Gasteiger partial charge < -0.3 is 4.74 Å². The smallest absolute Gasteiger partial charge is 0.200 e. The van der Waals surface area contributed by atoms with Gasteiger partial charge in [0.15, 0.2) is 11.6 Å². The number of likely N-dealkylation sites (tertiary alicyclic amines) is 1. The van der Waals surface area contributed by atoms with Gasteiger partial charge >= 0.3 is 0 Å². The molecule has 0 radical (unpaired) electrons. The highest BCUT2D eigenvalue weighted by Gasteiger charge is 2.40. The number of halogens is 2. The summed E-state index contributed by atoms with van der Waals surface area (Å²) < 4.78 is 31.8. The fraction of sp³-hybridized carbons (Fsp3) is 0.500. The highest BCUT2D eigenvalue weighted by Crippen LogP contribution is 2.29. The Kier molecular flexibility index (Phi) is 2.84. The third-order valence-electron chi connectivity index (χ3n) is 2.84. The average molecular weight is 227 g/mol. The largest absolute Gasteiger partial charge is 0.482 e. The van der Waals surface area contributed by atoms with Crippen molar-refractivity contribution in [3.63, 3.8) is 0 Å². The fourth-order valence-corrected chi connectivity index (χ4v) is 2.02. The average Bonchev–Trinajstić information content (AvgIpc) is 2.21. The lowest BCUT2D eigenvalue weighted by molar-refractivity contribution is -0.0627. The Morgan fingerprint density at radius 3 is 2.69 bits per heavy atom. The van der Waals surface area contributed by atoms with Crippen molar-refractivity contribution in [2.45, 2.75) is 19.4 Å². The van der Waals surface area contributed by atoms with Gasteiger partial charge in [-0.15, -0.1) is 0 Å². The zero-order valence-electron chi connectivity index (χ0n) is 9.46. The Hall–Kier alpha value is -1.16. The number of rotatable bonds is 3. The number of benzene rings is 1. The predicted octanol–water partition coefficient (Wildman–Crippen LogP) is 2.44. The van der Waals surface area contributed by atoms with Gasteiger partial charge in [-0.05, 0) is 25.6 Å². The van der Waals surface area contributed by atoms with Gasteiger partial charge in [-0.1, -0.05) is 13.0 Å². The summed E-state index contributed by atoms with van der Waals surface area (Å²) in [7, 11) is 0. The van der Waals surface area contributed by atoms with Crippen LogP contribution in [0.4, 0.5) is 8.78 Å². The fourth-order valence-electron chi connectivity index (χ4n) is 2.02. The van der Waals surface area contributed by atoms with Gasteiger partial charge in [-0.3, -0.25) is 4.90 Å². The van der Waals surface area contributed by atoms with Crippen LogP contribution >= 0.6 is 0 Å². The predicted molar refractivity (Wildman–Crippen MR) is 57.5 cm³/mol. The van der Waals surface area contributed by atoms with Crippen LogP contribution in [0, 0.1) is 11.6 Å². The van der Waals surface area contributed by atoms with Gasteiger partial charge in [-0.2, -0.15) is 4.39 Å². The molecule has 0 spiro atoms. The van der Waals surface area contributed by atoms with Crippen molar-refractivity contribution in [2.75, 3.05) is 19.6 Å². The second kappa shape index (κ2) is 4.01. The molecule has 1 heterocycles. The van der Waals surface area contributed by atoms with Crippen LogP contribution in [0.3, 0.4) is 0 Å². The first kappa shape index (κ1) is 11.3. The Balaban J connectivity index is 2.08. The zero-order chi connectivity index (χ0) is 11.8. The number of hydrogen-bond acceptors (Lipinski definition) is 2. The van der Waals surface area contributed by atoms with E-state index in [4.69, 9.17) is 4.74 Å². The quantitative estimate of drug-likeness (QED) is 0.786. The molecule has 4 heteroatoms. The van der Waals surface area contributed by atoms with Crippen molar-refractivity contribution >= 4 is 0 Å². The molecule has 0 N–H and O–H groups in total. The monoisotopic (exact) mass is 227 g/mol. The minimum absolute atomic E-state index is 0.00162. The van der Waals surface area contributed by atoms with E-state index in [0.717, 1.165) is 25.7 Å². The molecule has 88 valence electrons. The SMILES string of the molecule is CCN1CC(C)(Oc2cccc(F)c2F)C1. The first-order valence-electron chi connectivity index (χ1n) is 5.39. The standard InChI is InChI=1S/C12H15F2NO/c1-3-15-7-12(2,8-15)16-10-6-4-5-9(13)11(10)14/h4-6H,3,7-8H2,1-2H3. The Morgan fingerprint density at radius 1 is 1.38 bits per heavy atom. The number of nitrogens with zero attached hydrogens (tertiary/aromatic N) is 1. The zero-order valence-corrected chi connectivity index (χ0v) is 9.46. The lowest BCUT2D eigenvalue weighted by atomic mass is 9.96. The number of ether oxygens (including phenoxy) is 1. The highest BCUT2D eigenvalue weighted by molar-refractivity contribution is 5.26. The minimum Gasteiger partial charge on any atom is -0.482 e. The van der Waals surface area contributed by atoms with E-state index in [1.807, 2.05) is 6.92 Å². The summed E-state index contributed by atoms with van der Waals surface area (Å²) in [6.07, 6.45) is 0. The second-order valence-corrected chi connectivity index (χ2v) is 4.41. The summed E-state index contributed by atoms with van der Waals surface area (Å²) in [4.78, 5) is 2.18. The summed E-state index contributed by atoms with van der Waals surface area (Å²) in [6.45, 7) is 6.41. The van der Waals surface area contributed by atoms with Crippen LogP contribution in [-0.2, 0) is 0 Å². The van der Waals surface area contributed by atoms with Gasteiger partial charge in [0.2, 0.25) is 5.82 Å². The van der Waals surface area contributed by atoms with Crippen molar-refractivity contribution < 1.29 is 13.5 Å². The molecule has 1 saturated heterocycles. The molecule has 0 saturated carbocycles. The molecule has 1 fully saturated rings. The van der Waals surface area contributed by atoms with E-state index in [1.165, 1.54) is 12.1 Å². The molecule has 0 bridgehead atoms. The molecule has 1 aliphatic heterocycles. The maximum atomic E-state index is 13.4. The molecule has 1 aromatic carbocycles. The molecule has 1 aliphatic rings. The summed E-state index contributed by atoms with van der Waals surface area (Å²) in [5, 5.41) is 0. The van der Waals surface area contributed by atoms with E-state index >= 15 is 0 Å². The molecule has 0 unspecified atom stereocenters. The lowest BCUT2D eigenvalue weighted by Crippen LogP contribution is -2.62. The molecular weight excluding hydrogens is 212 g/mol. The molecule has 0 amide bonds. The summed E-state index contributed by atoms with van der Waals surface area (Å²) in [5.74, 6) is -1.77. The van der Waals surface area contributed by atoms with Crippen molar-refractivity contribution in [2.24, 2.45) is 0 Å². The first-order valence-corrected chi connectivity index (χ1v) is 5.39. The first-order chi connectivity index (χ1) is 7.54. The molecule has 0 aromatic heterocycles. The van der Waals surface area contributed by atoms with Crippen LogP contribution in [0.2, 0.25) is 0 Å². The van der Waals surface area contributed by atoms with Crippen molar-refractivity contribution in [1.29, 1.82) is 0 Å².